The van der Waals surface area contributed by atoms with Crippen LogP contribution >= 0.6 is 11.3 Å². The van der Waals surface area contributed by atoms with Crippen LogP contribution in [0.1, 0.15) is 10.4 Å². The van der Waals surface area contributed by atoms with Crippen molar-refractivity contribution in [3.63, 3.8) is 0 Å². The molecule has 0 aliphatic heterocycles. The molecule has 0 bridgehead atoms. The van der Waals surface area contributed by atoms with Gasteiger partial charge in [0.2, 0.25) is 0 Å². The molecule has 8 heteroatoms. The first-order valence-electron chi connectivity index (χ1n) is 6.94. The molecular weight excluding hydrogens is 337 g/mol. The Morgan fingerprint density at radius 2 is 1.88 bits per heavy atom. The Kier molecular flexibility index (Phi) is 2.99. The summed E-state index contributed by atoms with van der Waals surface area (Å²) in [5, 5.41) is 15.3. The number of fused-ring (bicyclic) bond motifs is 3. The van der Waals surface area contributed by atoms with Gasteiger partial charge in [0.1, 0.15) is 15.8 Å². The van der Waals surface area contributed by atoms with Crippen LogP contribution in [0.15, 0.2) is 36.5 Å². The molecule has 0 saturated heterocycles. The fourth-order valence-electron chi connectivity index (χ4n) is 2.76. The number of nitriles is 1. The van der Waals surface area contributed by atoms with E-state index in [0.717, 1.165) is 27.7 Å². The second-order valence-electron chi connectivity index (χ2n) is 5.36. The number of nitrogens with zero attached hydrogens (tertiary/aromatic N) is 4. The average Bonchev–Trinajstić information content (AvgIpc) is 3.16. The molecule has 0 aliphatic rings. The van der Waals surface area contributed by atoms with Crippen LogP contribution in [-0.2, 0) is 13.2 Å². The van der Waals surface area contributed by atoms with E-state index >= 15 is 0 Å². The number of alkyl halides is 3. The predicted octanol–water partition coefficient (Wildman–Crippen LogP) is 4.47. The van der Waals surface area contributed by atoms with Crippen molar-refractivity contribution < 1.29 is 13.2 Å². The summed E-state index contributed by atoms with van der Waals surface area (Å²) in [6.45, 7) is 0. The maximum atomic E-state index is 12.8. The summed E-state index contributed by atoms with van der Waals surface area (Å²) in [5.74, 6) is 0. The van der Waals surface area contributed by atoms with Crippen molar-refractivity contribution in [1.29, 1.82) is 5.26 Å². The van der Waals surface area contributed by atoms with Crippen molar-refractivity contribution in [2.24, 2.45) is 7.05 Å². The zero-order valence-electron chi connectivity index (χ0n) is 12.3. The zero-order chi connectivity index (χ0) is 17.1. The zero-order valence-corrected chi connectivity index (χ0v) is 13.1. The quantitative estimate of drug-likeness (QED) is 0.510. The number of hydrogen-bond donors (Lipinski definition) is 0. The number of hydrogen-bond acceptors (Lipinski definition) is 3. The minimum atomic E-state index is -4.37. The summed E-state index contributed by atoms with van der Waals surface area (Å²) in [4.78, 5) is 1.34. The number of halogens is 3. The van der Waals surface area contributed by atoms with E-state index in [4.69, 9.17) is 5.26 Å². The lowest BCUT2D eigenvalue weighted by Gasteiger charge is -2.09. The molecule has 0 spiro atoms. The van der Waals surface area contributed by atoms with E-state index in [1.54, 1.807) is 22.4 Å². The Bertz CT molecular complexity index is 1110. The third-order valence-electron chi connectivity index (χ3n) is 3.79. The highest BCUT2D eigenvalue weighted by molar-refractivity contribution is 7.19. The van der Waals surface area contributed by atoms with E-state index in [0.29, 0.717) is 16.2 Å². The van der Waals surface area contributed by atoms with E-state index in [9.17, 15) is 13.2 Å². The van der Waals surface area contributed by atoms with Gasteiger partial charge in [-0.15, -0.1) is 11.3 Å². The van der Waals surface area contributed by atoms with Crippen molar-refractivity contribution in [2.75, 3.05) is 0 Å². The van der Waals surface area contributed by atoms with Crippen LogP contribution in [0.2, 0.25) is 0 Å². The van der Waals surface area contributed by atoms with Gasteiger partial charge in [0.25, 0.3) is 0 Å². The van der Waals surface area contributed by atoms with E-state index < -0.39 is 11.7 Å². The van der Waals surface area contributed by atoms with Crippen LogP contribution in [0.5, 0.6) is 0 Å². The van der Waals surface area contributed by atoms with Gasteiger partial charge in [0.05, 0.1) is 5.56 Å². The predicted molar refractivity (Wildman–Crippen MR) is 85.1 cm³/mol. The Hall–Kier alpha value is -2.79. The highest BCUT2D eigenvalue weighted by Gasteiger charge is 2.30. The number of aryl methyl sites for hydroxylation is 1. The first-order chi connectivity index (χ1) is 11.4. The molecular formula is C16H9F3N4S. The van der Waals surface area contributed by atoms with Crippen LogP contribution in [0.4, 0.5) is 13.2 Å². The van der Waals surface area contributed by atoms with Crippen molar-refractivity contribution in [2.45, 2.75) is 6.18 Å². The largest absolute Gasteiger partial charge is 0.416 e. The molecule has 4 nitrogen and oxygen atoms in total. The van der Waals surface area contributed by atoms with E-state index in [2.05, 4.69) is 11.2 Å². The summed E-state index contributed by atoms with van der Waals surface area (Å²) in [6, 6.07) is 8.83. The third-order valence-corrected chi connectivity index (χ3v) is 4.81. The highest BCUT2D eigenvalue weighted by atomic mass is 32.1. The molecule has 24 heavy (non-hydrogen) atoms. The fourth-order valence-corrected chi connectivity index (χ4v) is 3.76. The Labute approximate surface area is 138 Å². The molecule has 0 radical (unpaired) electrons. The van der Waals surface area contributed by atoms with Crippen molar-refractivity contribution in [1.82, 2.24) is 14.3 Å². The summed E-state index contributed by atoms with van der Waals surface area (Å²) >= 11 is 1.30. The van der Waals surface area contributed by atoms with Crippen molar-refractivity contribution >= 4 is 32.6 Å². The molecule has 0 N–H and O–H groups in total. The van der Waals surface area contributed by atoms with Gasteiger partial charge in [-0.3, -0.25) is 9.25 Å². The van der Waals surface area contributed by atoms with Crippen LogP contribution in [0.25, 0.3) is 26.9 Å². The Morgan fingerprint density at radius 1 is 1.17 bits per heavy atom. The summed E-state index contributed by atoms with van der Waals surface area (Å²) < 4.78 is 41.7. The first-order valence-corrected chi connectivity index (χ1v) is 7.75. The second-order valence-corrected chi connectivity index (χ2v) is 6.39. The van der Waals surface area contributed by atoms with Gasteiger partial charge in [-0.2, -0.15) is 23.5 Å². The van der Waals surface area contributed by atoms with Gasteiger partial charge in [-0.25, -0.2) is 0 Å². The molecule has 0 saturated carbocycles. The highest BCUT2D eigenvalue weighted by Crippen LogP contribution is 2.37. The minimum Gasteiger partial charge on any atom is -0.283 e. The molecule has 0 fully saturated rings. The van der Waals surface area contributed by atoms with Crippen molar-refractivity contribution in [3.05, 3.63) is 47.0 Å². The average molecular weight is 346 g/mol. The topological polar surface area (TPSA) is 46.5 Å². The van der Waals surface area contributed by atoms with Gasteiger partial charge >= 0.3 is 6.18 Å². The lowest BCUT2D eigenvalue weighted by atomic mass is 10.2. The van der Waals surface area contributed by atoms with Crippen molar-refractivity contribution in [3.8, 4) is 11.8 Å². The van der Waals surface area contributed by atoms with Crippen LogP contribution in [0, 0.1) is 11.3 Å². The minimum absolute atomic E-state index is 0.548. The maximum Gasteiger partial charge on any atom is 0.416 e. The van der Waals surface area contributed by atoms with E-state index in [1.165, 1.54) is 23.5 Å². The number of aromatic nitrogens is 3. The Balaban J connectivity index is 2.00. The number of benzene rings is 1. The molecule has 3 heterocycles. The van der Waals surface area contributed by atoms with Gasteiger partial charge < -0.3 is 0 Å². The van der Waals surface area contributed by atoms with Gasteiger partial charge in [-0.1, -0.05) is 0 Å². The van der Waals surface area contributed by atoms with Gasteiger partial charge in [-0.05, 0) is 30.3 Å². The SMILES string of the molecule is Cn1cc2c3cc(C#N)sc3n(-c3ccc(C(F)(F)F)cc3)c2n1. The smallest absolute Gasteiger partial charge is 0.283 e. The molecule has 4 aromatic rings. The fraction of sp³-hybridized carbons (Fsp3) is 0.125. The van der Waals surface area contributed by atoms with E-state index in [1.807, 2.05) is 6.20 Å². The summed E-state index contributed by atoms with van der Waals surface area (Å²) in [5.41, 5.74) is 0.534. The first kappa shape index (κ1) is 14.8. The molecule has 0 atom stereocenters. The van der Waals surface area contributed by atoms with Gasteiger partial charge in [0.15, 0.2) is 5.65 Å². The molecule has 4 rings (SSSR count). The maximum absolute atomic E-state index is 12.8. The number of rotatable bonds is 1. The van der Waals surface area contributed by atoms with Crippen LogP contribution < -0.4 is 0 Å². The van der Waals surface area contributed by atoms with Crippen LogP contribution in [0.3, 0.4) is 0 Å². The molecule has 0 amide bonds. The second kappa shape index (κ2) is 4.85. The summed E-state index contributed by atoms with van der Waals surface area (Å²) in [6.07, 6.45) is -2.53. The number of thiophene rings is 1. The monoisotopic (exact) mass is 346 g/mol. The molecule has 0 unspecified atom stereocenters. The summed E-state index contributed by atoms with van der Waals surface area (Å²) in [7, 11) is 1.78. The van der Waals surface area contributed by atoms with Crippen LogP contribution in [-0.4, -0.2) is 14.3 Å². The molecule has 1 aromatic carbocycles. The van der Waals surface area contributed by atoms with E-state index in [-0.39, 0.29) is 0 Å². The molecule has 0 aliphatic carbocycles. The normalized spacial score (nSPS) is 12.1. The molecule has 3 aromatic heterocycles. The standard InChI is InChI=1S/C16H9F3N4S/c1-22-8-13-12-6-11(7-20)24-15(12)23(14(13)21-22)10-4-2-9(3-5-10)16(17,18)19/h2-6,8H,1H3. The lowest BCUT2D eigenvalue weighted by Crippen LogP contribution is -2.05. The lowest BCUT2D eigenvalue weighted by molar-refractivity contribution is -0.137. The van der Waals surface area contributed by atoms with Gasteiger partial charge in [0, 0.05) is 29.7 Å². The third kappa shape index (κ3) is 2.09. The molecule has 120 valence electrons. The Morgan fingerprint density at radius 3 is 2.50 bits per heavy atom.